The number of hydrazone groups is 1. The van der Waals surface area contributed by atoms with Crippen molar-refractivity contribution in [2.24, 2.45) is 16.7 Å². The Morgan fingerprint density at radius 1 is 1.15 bits per heavy atom. The third-order valence-corrected chi connectivity index (χ3v) is 3.89. The predicted molar refractivity (Wildman–Crippen MR) is 133 cm³/mol. The Hall–Kier alpha value is -2.27. The molecule has 0 unspecified atom stereocenters. The van der Waals surface area contributed by atoms with Crippen LogP contribution in [0.3, 0.4) is 0 Å². The lowest BCUT2D eigenvalue weighted by atomic mass is 9.88. The minimum absolute atomic E-state index is 0.00613. The molecule has 0 radical (unpaired) electrons. The number of hydrazine groups is 1. The molecule has 1 amide bonds. The monoisotopic (exact) mass is 517 g/mol. The molecule has 1 aliphatic rings. The third-order valence-electron chi connectivity index (χ3n) is 3.56. The molecule has 1 aliphatic carbocycles. The van der Waals surface area contributed by atoms with Crippen LogP contribution in [0.1, 0.15) is 66.9 Å². The van der Waals surface area contributed by atoms with E-state index in [9.17, 15) is 22.4 Å². The topological polar surface area (TPSA) is 106 Å². The molecular weight excluding hydrogens is 478 g/mol. The van der Waals surface area contributed by atoms with Crippen LogP contribution in [0.15, 0.2) is 23.3 Å². The van der Waals surface area contributed by atoms with Gasteiger partial charge in [-0.25, -0.2) is 24.5 Å². The Kier molecular flexibility index (Phi) is 19.3. The van der Waals surface area contributed by atoms with Crippen molar-refractivity contribution in [2.45, 2.75) is 78.9 Å². The first-order valence-electron chi connectivity index (χ1n) is 10.7. The van der Waals surface area contributed by atoms with E-state index in [1.165, 1.54) is 12.1 Å². The van der Waals surface area contributed by atoms with Gasteiger partial charge in [0.25, 0.3) is 5.92 Å². The molecule has 0 atom stereocenters. The van der Waals surface area contributed by atoms with Crippen molar-refractivity contribution >= 4 is 29.2 Å². The van der Waals surface area contributed by atoms with Crippen LogP contribution >= 0.6 is 11.6 Å². The van der Waals surface area contributed by atoms with E-state index in [1.807, 2.05) is 27.7 Å². The highest BCUT2D eigenvalue weighted by Gasteiger charge is 2.47. The molecule has 0 heterocycles. The number of hydrogen-bond donors (Lipinski definition) is 3. The maximum Gasteiger partial charge on any atom is 0.412 e. The number of halogens is 5. The lowest BCUT2D eigenvalue weighted by molar-refractivity contribution is -0.124. The van der Waals surface area contributed by atoms with E-state index in [2.05, 4.69) is 10.4 Å². The van der Waals surface area contributed by atoms with E-state index < -0.39 is 23.7 Å². The average Bonchev–Trinajstić information content (AvgIpc) is 2.77. The average molecular weight is 518 g/mol. The number of nitrogens with two attached hydrogens (primary N) is 2. The SMILES string of the molecule is CC.CC.CC(C)(C)OC(=O)Nc1cc(/C(N)=N/N(N)C2CC(F)(F)C2)ccc1Cl.CF.CF. The number of amides is 1. The third kappa shape index (κ3) is 14.1. The fourth-order valence-electron chi connectivity index (χ4n) is 2.27. The number of anilines is 1. The summed E-state index contributed by atoms with van der Waals surface area (Å²) in [4.78, 5) is 11.9. The number of rotatable bonds is 4. The Morgan fingerprint density at radius 2 is 1.62 bits per heavy atom. The molecule has 12 heteroatoms. The summed E-state index contributed by atoms with van der Waals surface area (Å²) in [5, 5.41) is 7.66. The van der Waals surface area contributed by atoms with Gasteiger partial charge in [-0.1, -0.05) is 39.3 Å². The highest BCUT2D eigenvalue weighted by molar-refractivity contribution is 6.33. The minimum Gasteiger partial charge on any atom is -0.444 e. The van der Waals surface area contributed by atoms with E-state index in [0.29, 0.717) is 19.9 Å². The fraction of sp³-hybridized carbons (Fsp3) is 0.636. The number of amidine groups is 1. The predicted octanol–water partition coefficient (Wildman–Crippen LogP) is 6.50. The maximum atomic E-state index is 12.9. The highest BCUT2D eigenvalue weighted by Crippen LogP contribution is 2.39. The van der Waals surface area contributed by atoms with Crippen LogP contribution in [0, 0.1) is 0 Å². The molecule has 0 spiro atoms. The largest absolute Gasteiger partial charge is 0.444 e. The summed E-state index contributed by atoms with van der Waals surface area (Å²) in [6, 6.07) is 4.01. The van der Waals surface area contributed by atoms with Crippen molar-refractivity contribution in [1.82, 2.24) is 5.12 Å². The first kappa shape index (κ1) is 36.3. The van der Waals surface area contributed by atoms with E-state index in [-0.39, 0.29) is 29.4 Å². The number of alkyl halides is 4. The molecule has 5 N–H and O–H groups in total. The van der Waals surface area contributed by atoms with Gasteiger partial charge in [0.15, 0.2) is 5.84 Å². The Labute approximate surface area is 205 Å². The van der Waals surface area contributed by atoms with Crippen LogP contribution < -0.4 is 16.9 Å². The first-order chi connectivity index (χ1) is 15.9. The summed E-state index contributed by atoms with van der Waals surface area (Å²) in [5.74, 6) is 2.97. The molecule has 7 nitrogen and oxygen atoms in total. The lowest BCUT2D eigenvalue weighted by Crippen LogP contribution is -2.52. The Morgan fingerprint density at radius 3 is 2.03 bits per heavy atom. The number of nitrogens with zero attached hydrogens (tertiary/aromatic N) is 2. The zero-order valence-electron chi connectivity index (χ0n) is 21.5. The molecule has 1 aromatic carbocycles. The smallest absolute Gasteiger partial charge is 0.412 e. The molecule has 0 aliphatic heterocycles. The normalized spacial score (nSPS) is 14.0. The molecule has 0 saturated heterocycles. The second kappa shape index (κ2) is 18.1. The first-order valence-corrected chi connectivity index (χ1v) is 11.1. The maximum absolute atomic E-state index is 12.9. The number of benzene rings is 1. The summed E-state index contributed by atoms with van der Waals surface area (Å²) in [7, 11) is 1.00. The minimum atomic E-state index is -2.71. The van der Waals surface area contributed by atoms with Gasteiger partial charge in [0.1, 0.15) is 5.60 Å². The molecule has 1 saturated carbocycles. The summed E-state index contributed by atoms with van der Waals surface area (Å²) in [6.45, 7) is 13.2. The summed E-state index contributed by atoms with van der Waals surface area (Å²) < 4.78 is 50.0. The van der Waals surface area contributed by atoms with Gasteiger partial charge in [-0.05, 0) is 39.0 Å². The lowest BCUT2D eigenvalue weighted by Gasteiger charge is -2.38. The standard InChI is InChI=1S/C16H22ClF2N5O2.2C2H6.2CH3F/c1-15(2,3)26-14(25)22-12-6-9(4-5-11(12)17)13(20)23-24(21)10-7-16(18,19)8-10;4*1-2/h4-6,10H,7-8,21H2,1-3H3,(H2,20,23)(H,22,25);2*1-2H3;2*1H3. The van der Waals surface area contributed by atoms with Crippen molar-refractivity contribution in [3.05, 3.63) is 28.8 Å². The number of nitrogens with one attached hydrogen (secondary N) is 1. The Bertz CT molecular complexity index is 724. The quantitative estimate of drug-likeness (QED) is 0.139. The molecule has 0 bridgehead atoms. The molecule has 200 valence electrons. The van der Waals surface area contributed by atoms with Gasteiger partial charge >= 0.3 is 6.09 Å². The number of hydrogen-bond acceptors (Lipinski definition) is 5. The van der Waals surface area contributed by atoms with Gasteiger partial charge in [-0.15, -0.1) is 5.10 Å². The zero-order chi connectivity index (χ0) is 27.7. The van der Waals surface area contributed by atoms with E-state index in [1.54, 1.807) is 26.8 Å². The van der Waals surface area contributed by atoms with Crippen LogP contribution in [0.5, 0.6) is 0 Å². The number of ether oxygens (including phenoxy) is 1. The second-order valence-corrected chi connectivity index (χ2v) is 7.51. The van der Waals surface area contributed by atoms with Crippen molar-refractivity contribution in [3.8, 4) is 0 Å². The highest BCUT2D eigenvalue weighted by atomic mass is 35.5. The fourth-order valence-corrected chi connectivity index (χ4v) is 2.44. The molecule has 1 aromatic rings. The van der Waals surface area contributed by atoms with E-state index >= 15 is 0 Å². The van der Waals surface area contributed by atoms with Gasteiger partial charge in [-0.2, -0.15) is 0 Å². The van der Waals surface area contributed by atoms with Crippen LogP contribution in [0.2, 0.25) is 5.02 Å². The van der Waals surface area contributed by atoms with Crippen LogP contribution in [0.4, 0.5) is 28.0 Å². The van der Waals surface area contributed by atoms with E-state index in [0.717, 1.165) is 5.12 Å². The van der Waals surface area contributed by atoms with Crippen LogP contribution in [0.25, 0.3) is 0 Å². The van der Waals surface area contributed by atoms with Crippen molar-refractivity contribution in [1.29, 1.82) is 0 Å². The van der Waals surface area contributed by atoms with E-state index in [4.69, 9.17) is 27.9 Å². The summed E-state index contributed by atoms with van der Waals surface area (Å²) in [5.41, 5.74) is 5.91. The van der Waals surface area contributed by atoms with Crippen molar-refractivity contribution in [2.75, 3.05) is 19.7 Å². The Balaban J connectivity index is -0.00000108. The summed E-state index contributed by atoms with van der Waals surface area (Å²) >= 11 is 6.07. The van der Waals surface area contributed by atoms with Crippen molar-refractivity contribution in [3.63, 3.8) is 0 Å². The van der Waals surface area contributed by atoms with Gasteiger partial charge in [0.2, 0.25) is 0 Å². The number of carbonyl (C=O) groups is 1. The zero-order valence-corrected chi connectivity index (χ0v) is 22.2. The molecule has 0 aromatic heterocycles. The molecule has 1 fully saturated rings. The van der Waals surface area contributed by atoms with Gasteiger partial charge in [0, 0.05) is 18.4 Å². The van der Waals surface area contributed by atoms with Crippen LogP contribution in [-0.2, 0) is 4.74 Å². The van der Waals surface area contributed by atoms with Crippen LogP contribution in [-0.4, -0.2) is 49.0 Å². The van der Waals surface area contributed by atoms with Gasteiger partial charge in [0.05, 0.1) is 31.1 Å². The number of carbonyl (C=O) groups excluding carboxylic acids is 1. The molecule has 34 heavy (non-hydrogen) atoms. The molecular formula is C22H40ClF4N5O2. The molecule has 2 rings (SSSR count). The summed E-state index contributed by atoms with van der Waals surface area (Å²) in [6.07, 6.45) is -1.41. The second-order valence-electron chi connectivity index (χ2n) is 7.10. The van der Waals surface area contributed by atoms with Gasteiger partial charge < -0.3 is 10.5 Å². The van der Waals surface area contributed by atoms with Crippen molar-refractivity contribution < 1.29 is 27.1 Å². The van der Waals surface area contributed by atoms with Gasteiger partial charge in [-0.3, -0.25) is 14.1 Å².